The minimum absolute atomic E-state index is 0.0478. The second-order valence-electron chi connectivity index (χ2n) is 10.7. The van der Waals surface area contributed by atoms with E-state index in [0.717, 1.165) is 51.3 Å². The fourth-order valence-corrected chi connectivity index (χ4v) is 5.62. The fraction of sp³-hybridized carbons (Fsp3) is 0.111. The van der Waals surface area contributed by atoms with E-state index in [1.807, 2.05) is 65.5 Å². The van der Waals surface area contributed by atoms with Crippen molar-refractivity contribution in [1.82, 2.24) is 9.97 Å². The molecule has 6 rings (SSSR count). The maximum Gasteiger partial charge on any atom is 0.499 e. The third-order valence-corrected chi connectivity index (χ3v) is 8.53. The van der Waals surface area contributed by atoms with Gasteiger partial charge in [-0.1, -0.05) is 78.9 Å². The van der Waals surface area contributed by atoms with Gasteiger partial charge in [0.2, 0.25) is 0 Å². The summed E-state index contributed by atoms with van der Waals surface area (Å²) in [4.78, 5) is 37.8. The first kappa shape index (κ1) is 29.2. The Morgan fingerprint density at radius 3 is 1.41 bits per heavy atom. The van der Waals surface area contributed by atoms with E-state index in [4.69, 9.17) is 9.97 Å². The molecule has 0 saturated heterocycles. The lowest BCUT2D eigenvalue weighted by Crippen LogP contribution is -2.42. The van der Waals surface area contributed by atoms with Gasteiger partial charge in [-0.05, 0) is 35.2 Å². The van der Waals surface area contributed by atoms with Crippen molar-refractivity contribution >= 4 is 8.80 Å². The lowest BCUT2D eigenvalue weighted by Gasteiger charge is -2.11. The Bertz CT molecular complexity index is 1840. The Labute approximate surface area is 258 Å². The van der Waals surface area contributed by atoms with E-state index in [2.05, 4.69) is 84.5 Å². The topological polar surface area (TPSA) is 94.2 Å². The molecule has 0 aliphatic carbocycles. The van der Waals surface area contributed by atoms with Crippen LogP contribution in [0.15, 0.2) is 134 Å². The van der Waals surface area contributed by atoms with Gasteiger partial charge in [-0.15, -0.1) is 0 Å². The molecule has 0 fully saturated rings. The first-order valence-electron chi connectivity index (χ1n) is 14.7. The van der Waals surface area contributed by atoms with E-state index < -0.39 is 8.80 Å². The third kappa shape index (κ3) is 7.02. The zero-order valence-electron chi connectivity index (χ0n) is 24.5. The van der Waals surface area contributed by atoms with E-state index in [0.29, 0.717) is 12.4 Å². The molecule has 3 heterocycles. The maximum absolute atomic E-state index is 9.29. The van der Waals surface area contributed by atoms with Gasteiger partial charge in [0.05, 0.1) is 17.4 Å². The van der Waals surface area contributed by atoms with Crippen LogP contribution in [-0.4, -0.2) is 33.2 Å². The molecule has 8 heteroatoms. The minimum atomic E-state index is -4.06. The Morgan fingerprint density at radius 2 is 0.955 bits per heavy atom. The van der Waals surface area contributed by atoms with E-state index in [1.165, 1.54) is 5.56 Å². The van der Waals surface area contributed by atoms with Gasteiger partial charge in [-0.25, -0.2) is 19.1 Å². The fourth-order valence-electron chi connectivity index (χ4n) is 5.06. The Kier molecular flexibility index (Phi) is 8.49. The predicted octanol–water partition coefficient (Wildman–Crippen LogP) is 5.32. The summed E-state index contributed by atoms with van der Waals surface area (Å²) in [7, 11) is -4.06. The number of aromatic nitrogens is 4. The van der Waals surface area contributed by atoms with Crippen molar-refractivity contribution in [1.29, 1.82) is 0 Å². The van der Waals surface area contributed by atoms with Crippen molar-refractivity contribution in [3.63, 3.8) is 0 Å². The van der Waals surface area contributed by atoms with Crippen molar-refractivity contribution in [2.75, 3.05) is 0 Å². The summed E-state index contributed by atoms with van der Waals surface area (Å²) in [6.45, 7) is 3.41. The molecule has 0 amide bonds. The van der Waals surface area contributed by atoms with Crippen LogP contribution in [0.4, 0.5) is 0 Å². The predicted molar refractivity (Wildman–Crippen MR) is 172 cm³/mol. The first-order chi connectivity index (χ1) is 21.3. The van der Waals surface area contributed by atoms with Gasteiger partial charge in [-0.3, -0.25) is 0 Å². The second kappa shape index (κ2) is 12.8. The van der Waals surface area contributed by atoms with E-state index >= 15 is 0 Å². The smallest absolute Gasteiger partial charge is 0.390 e. The molecule has 0 aliphatic rings. The molecule has 0 atom stereocenters. The molecule has 0 spiro atoms. The summed E-state index contributed by atoms with van der Waals surface area (Å²) in [5, 5.41) is 0. The lowest BCUT2D eigenvalue weighted by molar-refractivity contribution is -0.693. The van der Waals surface area contributed by atoms with Crippen LogP contribution in [0, 0.1) is 0 Å². The molecular weight excluding hydrogens is 565 g/mol. The zero-order chi connectivity index (χ0) is 30.5. The molecule has 218 valence electrons. The summed E-state index contributed by atoms with van der Waals surface area (Å²) in [6, 6.07) is 37.1. The molecule has 7 nitrogen and oxygen atoms in total. The number of aryl methyl sites for hydroxylation is 2. The summed E-state index contributed by atoms with van der Waals surface area (Å²) in [6.07, 6.45) is 7.95. The van der Waals surface area contributed by atoms with E-state index in [-0.39, 0.29) is 6.04 Å². The summed E-state index contributed by atoms with van der Waals surface area (Å²) >= 11 is 0. The monoisotopic (exact) mass is 598 g/mol. The van der Waals surface area contributed by atoms with Gasteiger partial charge < -0.3 is 14.4 Å². The standard InChI is InChI=1S/C36H34N4O3Si/c1-2-39-20-16-29(17-21-39)27-8-12-31(13-9-27)34-26-35(38-36(37-34)33-6-4-3-5-7-33)32-14-10-28(11-15-32)30-18-22-40(23-19-30)24-25-44(41,42)43/h3-23,26,41-43H,2,24-25H2,1H3/q+2. The molecule has 3 aromatic carbocycles. The largest absolute Gasteiger partial charge is 0.499 e. The van der Waals surface area contributed by atoms with Crippen LogP contribution in [-0.2, 0) is 13.1 Å². The van der Waals surface area contributed by atoms with Crippen LogP contribution in [0.5, 0.6) is 0 Å². The van der Waals surface area contributed by atoms with Crippen LogP contribution in [0.2, 0.25) is 6.04 Å². The lowest BCUT2D eigenvalue weighted by atomic mass is 10.0. The zero-order valence-corrected chi connectivity index (χ0v) is 25.5. The highest BCUT2D eigenvalue weighted by Gasteiger charge is 2.28. The van der Waals surface area contributed by atoms with Crippen LogP contribution in [0.3, 0.4) is 0 Å². The highest BCUT2D eigenvalue weighted by molar-refractivity contribution is 6.56. The van der Waals surface area contributed by atoms with Crippen molar-refractivity contribution in [2.45, 2.75) is 26.1 Å². The Hall–Kier alpha value is -4.86. The van der Waals surface area contributed by atoms with Crippen molar-refractivity contribution in [3.05, 3.63) is 134 Å². The Balaban J connectivity index is 1.29. The molecule has 0 unspecified atom stereocenters. The van der Waals surface area contributed by atoms with Crippen LogP contribution >= 0.6 is 0 Å². The number of benzene rings is 3. The van der Waals surface area contributed by atoms with Crippen molar-refractivity contribution in [3.8, 4) is 56.2 Å². The molecule has 0 saturated carbocycles. The maximum atomic E-state index is 9.29. The van der Waals surface area contributed by atoms with Gasteiger partial charge in [0, 0.05) is 41.0 Å². The average molecular weight is 599 g/mol. The Morgan fingerprint density at radius 1 is 0.523 bits per heavy atom. The van der Waals surface area contributed by atoms with Crippen molar-refractivity contribution < 1.29 is 23.5 Å². The number of hydrogen-bond donors (Lipinski definition) is 3. The van der Waals surface area contributed by atoms with Gasteiger partial charge in [-0.2, -0.15) is 0 Å². The molecular formula is C36H34N4O3Si+2. The number of nitrogens with zero attached hydrogens (tertiary/aromatic N) is 4. The molecule has 0 radical (unpaired) electrons. The summed E-state index contributed by atoms with van der Waals surface area (Å²) in [5.74, 6) is 0.673. The number of rotatable bonds is 9. The number of hydrogen-bond acceptors (Lipinski definition) is 5. The van der Waals surface area contributed by atoms with Crippen molar-refractivity contribution in [2.24, 2.45) is 0 Å². The van der Waals surface area contributed by atoms with Gasteiger partial charge >= 0.3 is 8.80 Å². The highest BCUT2D eigenvalue weighted by atomic mass is 28.4. The van der Waals surface area contributed by atoms with Gasteiger partial charge in [0.1, 0.15) is 6.54 Å². The average Bonchev–Trinajstić information content (AvgIpc) is 3.08. The normalized spacial score (nSPS) is 11.5. The van der Waals surface area contributed by atoms with E-state index in [9.17, 15) is 14.4 Å². The first-order valence-corrected chi connectivity index (χ1v) is 16.7. The van der Waals surface area contributed by atoms with E-state index in [1.54, 1.807) is 0 Å². The van der Waals surface area contributed by atoms with Crippen LogP contribution in [0.1, 0.15) is 6.92 Å². The number of pyridine rings is 2. The summed E-state index contributed by atoms with van der Waals surface area (Å²) < 4.78 is 3.97. The molecule has 3 N–H and O–H groups in total. The third-order valence-electron chi connectivity index (χ3n) is 7.64. The SMILES string of the molecule is CC[n+]1ccc(-c2ccc(-c3cc(-c4ccc(-c5cc[n+](CC[Si](O)(O)O)cc5)cc4)nc(-c4ccccc4)n3)cc2)cc1. The van der Waals surface area contributed by atoms with Crippen LogP contribution in [0.25, 0.3) is 56.2 Å². The summed E-state index contributed by atoms with van der Waals surface area (Å²) in [5.41, 5.74) is 9.07. The molecule has 44 heavy (non-hydrogen) atoms. The van der Waals surface area contributed by atoms with Gasteiger partial charge in [0.25, 0.3) is 0 Å². The molecule has 6 aromatic rings. The molecule has 3 aromatic heterocycles. The molecule has 0 bridgehead atoms. The van der Waals surface area contributed by atoms with Crippen LogP contribution < -0.4 is 9.13 Å². The quantitative estimate of drug-likeness (QED) is 0.155. The highest BCUT2D eigenvalue weighted by Crippen LogP contribution is 2.30. The molecule has 0 aliphatic heterocycles. The van der Waals surface area contributed by atoms with Gasteiger partial charge in [0.15, 0.2) is 37.2 Å². The second-order valence-corrected chi connectivity index (χ2v) is 12.8. The minimum Gasteiger partial charge on any atom is -0.390 e.